The molecule has 1 aromatic rings. The molecule has 0 aliphatic rings. The maximum absolute atomic E-state index is 11.1. The van der Waals surface area contributed by atoms with E-state index < -0.39 is 8.03 Å². The van der Waals surface area contributed by atoms with Gasteiger partial charge in [-0.25, -0.2) is 0 Å². The molecule has 0 aliphatic carbocycles. The van der Waals surface area contributed by atoms with Crippen LogP contribution in [-0.2, 0) is 15.7 Å². The first-order valence-electron chi connectivity index (χ1n) is 4.05. The van der Waals surface area contributed by atoms with Crippen LogP contribution in [0.5, 0.6) is 0 Å². The molecule has 2 nitrogen and oxygen atoms in total. The average Bonchev–Trinajstić information content (AvgIpc) is 2.17. The van der Waals surface area contributed by atoms with Crippen LogP contribution in [0.4, 0.5) is 0 Å². The minimum absolute atomic E-state index is 0.407. The molecule has 0 radical (unpaired) electrons. The molecule has 1 atom stereocenters. The fourth-order valence-electron chi connectivity index (χ4n) is 0.879. The maximum Gasteiger partial charge on any atom is 0.512 e. The van der Waals surface area contributed by atoms with Crippen molar-refractivity contribution in [2.24, 2.45) is 0 Å². The van der Waals surface area contributed by atoms with Crippen LogP contribution in [0.3, 0.4) is 0 Å². The molecule has 0 spiro atoms. The third-order valence-corrected chi connectivity index (χ3v) is 2.47. The van der Waals surface area contributed by atoms with Gasteiger partial charge in [0, 0.05) is 0 Å². The quantitative estimate of drug-likeness (QED) is 0.533. The summed E-state index contributed by atoms with van der Waals surface area (Å²) in [6.07, 6.45) is 2.02. The van der Waals surface area contributed by atoms with Crippen LogP contribution in [0.25, 0.3) is 0 Å². The molecule has 13 heavy (non-hydrogen) atoms. The second-order valence-corrected chi connectivity index (χ2v) is 3.85. The molecule has 0 bridgehead atoms. The van der Waals surface area contributed by atoms with Crippen LogP contribution in [0.15, 0.2) is 43.0 Å². The Bertz CT molecular complexity index is 282. The van der Waals surface area contributed by atoms with Gasteiger partial charge in [-0.1, -0.05) is 36.9 Å². The Morgan fingerprint density at radius 3 is 2.69 bits per heavy atom. The molecule has 68 valence electrons. The molecule has 0 aliphatic heterocycles. The van der Waals surface area contributed by atoms with Gasteiger partial charge >= 0.3 is 8.03 Å². The SMILES string of the molecule is C=CC[P+](=O)OCc1ccccc1. The molecule has 0 fully saturated rings. The zero-order valence-corrected chi connectivity index (χ0v) is 8.24. The molecule has 0 amide bonds. The van der Waals surface area contributed by atoms with Gasteiger partial charge < -0.3 is 0 Å². The van der Waals surface area contributed by atoms with Gasteiger partial charge in [0.05, 0.1) is 0 Å². The van der Waals surface area contributed by atoms with E-state index in [4.69, 9.17) is 4.52 Å². The van der Waals surface area contributed by atoms with Crippen LogP contribution >= 0.6 is 8.03 Å². The lowest BCUT2D eigenvalue weighted by atomic mass is 10.2. The first-order valence-corrected chi connectivity index (χ1v) is 5.41. The summed E-state index contributed by atoms with van der Waals surface area (Å²) >= 11 is 0. The maximum atomic E-state index is 11.1. The van der Waals surface area contributed by atoms with E-state index in [9.17, 15) is 4.57 Å². The topological polar surface area (TPSA) is 26.3 Å². The van der Waals surface area contributed by atoms with E-state index in [1.165, 1.54) is 0 Å². The second kappa shape index (κ2) is 5.63. The standard InChI is InChI=1S/C10H12O2P/c1-2-8-13(11)12-9-10-6-4-3-5-7-10/h2-7H,1,8-9H2/q+1. The van der Waals surface area contributed by atoms with E-state index in [-0.39, 0.29) is 0 Å². The second-order valence-electron chi connectivity index (χ2n) is 2.56. The van der Waals surface area contributed by atoms with Gasteiger partial charge in [0.2, 0.25) is 0 Å². The summed E-state index contributed by atoms with van der Waals surface area (Å²) < 4.78 is 16.2. The van der Waals surface area contributed by atoms with Crippen LogP contribution in [0, 0.1) is 0 Å². The number of rotatable bonds is 5. The van der Waals surface area contributed by atoms with E-state index >= 15 is 0 Å². The van der Waals surface area contributed by atoms with Crippen molar-refractivity contribution in [1.29, 1.82) is 0 Å². The van der Waals surface area contributed by atoms with Crippen molar-refractivity contribution in [3.8, 4) is 0 Å². The van der Waals surface area contributed by atoms with Crippen LogP contribution in [0.1, 0.15) is 5.56 Å². The Kier molecular flexibility index (Phi) is 4.37. The minimum atomic E-state index is -1.57. The number of allylic oxidation sites excluding steroid dienone is 1. The number of benzene rings is 1. The first kappa shape index (κ1) is 10.1. The highest BCUT2D eigenvalue weighted by atomic mass is 31.1. The zero-order chi connectivity index (χ0) is 9.52. The molecular weight excluding hydrogens is 183 g/mol. The molecule has 1 aromatic carbocycles. The van der Waals surface area contributed by atoms with Gasteiger partial charge in [0.15, 0.2) is 6.16 Å². The Hall–Kier alpha value is -0.980. The lowest BCUT2D eigenvalue weighted by Crippen LogP contribution is -1.85. The summed E-state index contributed by atoms with van der Waals surface area (Å²) in [5.74, 6) is 0. The van der Waals surface area contributed by atoms with Crippen LogP contribution in [0.2, 0.25) is 0 Å². The smallest absolute Gasteiger partial charge is 0.141 e. The van der Waals surface area contributed by atoms with Gasteiger partial charge in [-0.15, -0.1) is 4.52 Å². The molecule has 0 saturated heterocycles. The van der Waals surface area contributed by atoms with Gasteiger partial charge in [0.1, 0.15) is 6.61 Å². The third-order valence-electron chi connectivity index (χ3n) is 1.50. The predicted molar refractivity (Wildman–Crippen MR) is 53.9 cm³/mol. The van der Waals surface area contributed by atoms with Crippen molar-refractivity contribution in [1.82, 2.24) is 0 Å². The fraction of sp³-hybridized carbons (Fsp3) is 0.200. The average molecular weight is 195 g/mol. The molecule has 3 heteroatoms. The van der Waals surface area contributed by atoms with Crippen LogP contribution in [-0.4, -0.2) is 6.16 Å². The van der Waals surface area contributed by atoms with Crippen molar-refractivity contribution < 1.29 is 9.09 Å². The van der Waals surface area contributed by atoms with E-state index in [0.29, 0.717) is 12.8 Å². The highest BCUT2D eigenvalue weighted by Crippen LogP contribution is 2.23. The molecule has 0 heterocycles. The van der Waals surface area contributed by atoms with E-state index in [1.807, 2.05) is 30.3 Å². The third kappa shape index (κ3) is 3.97. The summed E-state index contributed by atoms with van der Waals surface area (Å²) in [6, 6.07) is 9.68. The van der Waals surface area contributed by atoms with E-state index in [2.05, 4.69) is 6.58 Å². The summed E-state index contributed by atoms with van der Waals surface area (Å²) in [6.45, 7) is 3.90. The number of hydrogen-bond acceptors (Lipinski definition) is 2. The molecule has 1 rings (SSSR count). The molecular formula is C10H12O2P+. The van der Waals surface area contributed by atoms with Gasteiger partial charge in [0.25, 0.3) is 0 Å². The Balaban J connectivity index is 2.35. The molecule has 1 unspecified atom stereocenters. The van der Waals surface area contributed by atoms with Gasteiger partial charge in [-0.05, 0) is 16.2 Å². The fourth-order valence-corrected chi connectivity index (χ4v) is 1.49. The monoisotopic (exact) mass is 195 g/mol. The Labute approximate surface area is 79.1 Å². The van der Waals surface area contributed by atoms with E-state index in [0.717, 1.165) is 5.56 Å². The lowest BCUT2D eigenvalue weighted by Gasteiger charge is -1.92. The van der Waals surface area contributed by atoms with Crippen molar-refractivity contribution in [2.45, 2.75) is 6.61 Å². The highest BCUT2D eigenvalue weighted by Gasteiger charge is 2.13. The molecule has 0 saturated carbocycles. The first-order chi connectivity index (χ1) is 6.33. The summed E-state index contributed by atoms with van der Waals surface area (Å²) in [5.41, 5.74) is 1.04. The lowest BCUT2D eigenvalue weighted by molar-refractivity contribution is 0.320. The van der Waals surface area contributed by atoms with Crippen LogP contribution < -0.4 is 0 Å². The largest absolute Gasteiger partial charge is 0.512 e. The Morgan fingerprint density at radius 2 is 2.08 bits per heavy atom. The minimum Gasteiger partial charge on any atom is -0.141 e. The van der Waals surface area contributed by atoms with Crippen molar-refractivity contribution in [3.05, 3.63) is 48.6 Å². The molecule has 0 N–H and O–H groups in total. The Morgan fingerprint density at radius 1 is 1.38 bits per heavy atom. The van der Waals surface area contributed by atoms with Crippen molar-refractivity contribution in [2.75, 3.05) is 6.16 Å². The summed E-state index contributed by atoms with van der Waals surface area (Å²) in [7, 11) is -1.57. The molecule has 0 aromatic heterocycles. The number of hydrogen-bond donors (Lipinski definition) is 0. The normalized spacial score (nSPS) is 10.9. The van der Waals surface area contributed by atoms with Gasteiger partial charge in [-0.2, -0.15) is 0 Å². The van der Waals surface area contributed by atoms with Gasteiger partial charge in [-0.3, -0.25) is 0 Å². The predicted octanol–water partition coefficient (Wildman–Crippen LogP) is 3.13. The summed E-state index contributed by atoms with van der Waals surface area (Å²) in [5, 5.41) is 0. The summed E-state index contributed by atoms with van der Waals surface area (Å²) in [4.78, 5) is 0. The van der Waals surface area contributed by atoms with Crippen molar-refractivity contribution in [3.63, 3.8) is 0 Å². The zero-order valence-electron chi connectivity index (χ0n) is 7.35. The highest BCUT2D eigenvalue weighted by molar-refractivity contribution is 7.39. The van der Waals surface area contributed by atoms with E-state index in [1.54, 1.807) is 6.08 Å². The van der Waals surface area contributed by atoms with Crippen molar-refractivity contribution >= 4 is 8.03 Å².